The summed E-state index contributed by atoms with van der Waals surface area (Å²) in [5, 5.41) is 0. The van der Waals surface area contributed by atoms with E-state index < -0.39 is 0 Å². The summed E-state index contributed by atoms with van der Waals surface area (Å²) in [5.74, 6) is 2.62. The number of hydrogen-bond donors (Lipinski definition) is 0. The Labute approximate surface area is 194 Å². The maximum Gasteiger partial charge on any atom is 0.142 e. The van der Waals surface area contributed by atoms with E-state index in [2.05, 4.69) is 61.7 Å². The zero-order chi connectivity index (χ0) is 23.0. The number of imidazole rings is 1. The summed E-state index contributed by atoms with van der Waals surface area (Å²) in [6, 6.07) is 20.7. The van der Waals surface area contributed by atoms with Crippen molar-refractivity contribution in [3.63, 3.8) is 0 Å². The van der Waals surface area contributed by atoms with Crippen LogP contribution in [0.5, 0.6) is 11.5 Å². The number of rotatable bonds is 7. The van der Waals surface area contributed by atoms with E-state index in [1.807, 2.05) is 24.3 Å². The van der Waals surface area contributed by atoms with Gasteiger partial charge in [-0.25, -0.2) is 4.98 Å². The predicted molar refractivity (Wildman–Crippen MR) is 131 cm³/mol. The van der Waals surface area contributed by atoms with E-state index in [0.29, 0.717) is 19.8 Å². The Hall–Kier alpha value is -3.31. The molecule has 1 aliphatic heterocycles. The van der Waals surface area contributed by atoms with Crippen LogP contribution in [0.4, 0.5) is 0 Å². The first-order valence-electron chi connectivity index (χ1n) is 11.5. The van der Waals surface area contributed by atoms with Crippen LogP contribution in [0.25, 0.3) is 22.4 Å². The number of methoxy groups -OCH3 is 1. The smallest absolute Gasteiger partial charge is 0.142 e. The highest BCUT2D eigenvalue weighted by atomic mass is 16.5. The molecule has 5 nitrogen and oxygen atoms in total. The normalized spacial score (nSPS) is 14.8. The van der Waals surface area contributed by atoms with Crippen LogP contribution >= 0.6 is 0 Å². The number of nitrogens with zero attached hydrogens (tertiary/aromatic N) is 2. The van der Waals surface area contributed by atoms with Crippen LogP contribution in [0.15, 0.2) is 60.7 Å². The highest BCUT2D eigenvalue weighted by Crippen LogP contribution is 2.43. The minimum atomic E-state index is -0.139. The highest BCUT2D eigenvalue weighted by molar-refractivity contribution is 5.83. The van der Waals surface area contributed by atoms with Crippen LogP contribution in [-0.4, -0.2) is 29.9 Å². The van der Waals surface area contributed by atoms with Gasteiger partial charge in [-0.3, -0.25) is 0 Å². The van der Waals surface area contributed by atoms with Gasteiger partial charge in [0.15, 0.2) is 0 Å². The second-order valence-corrected chi connectivity index (χ2v) is 8.94. The molecular formula is C28H30N2O3. The number of hydrogen-bond acceptors (Lipinski definition) is 4. The van der Waals surface area contributed by atoms with Gasteiger partial charge in [0, 0.05) is 16.7 Å². The zero-order valence-electron chi connectivity index (χ0n) is 19.7. The van der Waals surface area contributed by atoms with E-state index in [-0.39, 0.29) is 5.54 Å². The lowest BCUT2D eigenvalue weighted by atomic mass is 9.95. The molecular weight excluding hydrogens is 412 g/mol. The molecule has 170 valence electrons. The maximum absolute atomic E-state index is 6.45. The monoisotopic (exact) mass is 442 g/mol. The van der Waals surface area contributed by atoms with Crippen molar-refractivity contribution in [2.75, 3.05) is 20.3 Å². The largest absolute Gasteiger partial charge is 0.496 e. The van der Waals surface area contributed by atoms with E-state index in [1.54, 1.807) is 7.11 Å². The van der Waals surface area contributed by atoms with E-state index in [0.717, 1.165) is 57.0 Å². The van der Waals surface area contributed by atoms with E-state index >= 15 is 0 Å². The van der Waals surface area contributed by atoms with Crippen molar-refractivity contribution < 1.29 is 14.2 Å². The molecule has 0 spiro atoms. The van der Waals surface area contributed by atoms with Gasteiger partial charge in [0.25, 0.3) is 0 Å². The molecule has 0 aliphatic carbocycles. The standard InChI is InChI=1S/C28H30N2O3/c1-5-21-22(15-25(31-4)19(2)26(21)33-16-20-11-7-6-8-12-20)27-29-23-13-9-10-14-24(23)30(27)28(3)17-32-18-28/h6-15H,5,16-18H2,1-4H3. The Morgan fingerprint density at radius 2 is 1.79 bits per heavy atom. The Balaban J connectivity index is 1.70. The first kappa shape index (κ1) is 21.5. The molecule has 0 saturated carbocycles. The van der Waals surface area contributed by atoms with E-state index in [9.17, 15) is 0 Å². The minimum Gasteiger partial charge on any atom is -0.496 e. The maximum atomic E-state index is 6.45. The first-order valence-corrected chi connectivity index (χ1v) is 11.5. The molecule has 0 unspecified atom stereocenters. The number of ether oxygens (including phenoxy) is 3. The second-order valence-electron chi connectivity index (χ2n) is 8.94. The summed E-state index contributed by atoms with van der Waals surface area (Å²) in [5.41, 5.74) is 6.29. The fourth-order valence-electron chi connectivity index (χ4n) is 4.75. The summed E-state index contributed by atoms with van der Waals surface area (Å²) in [7, 11) is 1.71. The van der Waals surface area contributed by atoms with Crippen molar-refractivity contribution in [2.24, 2.45) is 0 Å². The SMILES string of the molecule is CCc1c(-c2nc3ccccc3n2C2(C)COC2)cc(OC)c(C)c1OCc1ccccc1. The number of aromatic nitrogens is 2. The topological polar surface area (TPSA) is 45.5 Å². The van der Waals surface area contributed by atoms with Crippen molar-refractivity contribution >= 4 is 11.0 Å². The summed E-state index contributed by atoms with van der Waals surface area (Å²) < 4.78 is 20.2. The summed E-state index contributed by atoms with van der Waals surface area (Å²) in [6.07, 6.45) is 0.820. The van der Waals surface area contributed by atoms with E-state index in [4.69, 9.17) is 19.2 Å². The van der Waals surface area contributed by atoms with Crippen LogP contribution < -0.4 is 9.47 Å². The Morgan fingerprint density at radius 1 is 1.06 bits per heavy atom. The third-order valence-corrected chi connectivity index (χ3v) is 6.55. The van der Waals surface area contributed by atoms with Crippen LogP contribution in [0.2, 0.25) is 0 Å². The molecule has 3 aromatic carbocycles. The lowest BCUT2D eigenvalue weighted by molar-refractivity contribution is -0.0868. The molecule has 4 aromatic rings. The van der Waals surface area contributed by atoms with Crippen LogP contribution in [0, 0.1) is 6.92 Å². The lowest BCUT2D eigenvalue weighted by Crippen LogP contribution is -2.49. The van der Waals surface area contributed by atoms with Gasteiger partial charge in [-0.1, -0.05) is 49.4 Å². The predicted octanol–water partition coefficient (Wildman–Crippen LogP) is 5.91. The van der Waals surface area contributed by atoms with Crippen molar-refractivity contribution in [1.82, 2.24) is 9.55 Å². The van der Waals surface area contributed by atoms with Gasteiger partial charge >= 0.3 is 0 Å². The highest BCUT2D eigenvalue weighted by Gasteiger charge is 2.39. The summed E-state index contributed by atoms with van der Waals surface area (Å²) in [6.45, 7) is 8.30. The molecule has 0 radical (unpaired) electrons. The van der Waals surface area contributed by atoms with Gasteiger partial charge in [-0.2, -0.15) is 0 Å². The van der Waals surface area contributed by atoms with Crippen LogP contribution in [0.3, 0.4) is 0 Å². The molecule has 5 heteroatoms. The van der Waals surface area contributed by atoms with Crippen molar-refractivity contribution in [2.45, 2.75) is 39.3 Å². The molecule has 33 heavy (non-hydrogen) atoms. The quantitative estimate of drug-likeness (QED) is 0.357. The van der Waals surface area contributed by atoms with Crippen molar-refractivity contribution in [3.05, 3.63) is 77.4 Å². The van der Waals surface area contributed by atoms with Crippen LogP contribution in [0.1, 0.15) is 30.5 Å². The van der Waals surface area contributed by atoms with E-state index in [1.165, 1.54) is 0 Å². The molecule has 0 N–H and O–H groups in total. The lowest BCUT2D eigenvalue weighted by Gasteiger charge is -2.41. The van der Waals surface area contributed by atoms with Crippen molar-refractivity contribution in [1.29, 1.82) is 0 Å². The number of benzene rings is 3. The fraction of sp³-hybridized carbons (Fsp3) is 0.321. The number of para-hydroxylation sites is 2. The molecule has 2 heterocycles. The average molecular weight is 443 g/mol. The molecule has 0 atom stereocenters. The Kier molecular flexibility index (Phi) is 5.59. The molecule has 1 saturated heterocycles. The summed E-state index contributed by atoms with van der Waals surface area (Å²) >= 11 is 0. The zero-order valence-corrected chi connectivity index (χ0v) is 19.7. The third kappa shape index (κ3) is 3.66. The fourth-order valence-corrected chi connectivity index (χ4v) is 4.75. The van der Waals surface area contributed by atoms with Gasteiger partial charge in [0.05, 0.1) is 36.9 Å². The summed E-state index contributed by atoms with van der Waals surface area (Å²) in [4.78, 5) is 5.10. The molecule has 1 aromatic heterocycles. The Morgan fingerprint density at radius 3 is 2.45 bits per heavy atom. The van der Waals surface area contributed by atoms with Gasteiger partial charge < -0.3 is 18.8 Å². The molecule has 1 fully saturated rings. The molecule has 1 aliphatic rings. The third-order valence-electron chi connectivity index (χ3n) is 6.55. The van der Waals surface area contributed by atoms with Crippen LogP contribution in [-0.2, 0) is 23.3 Å². The minimum absolute atomic E-state index is 0.139. The first-order chi connectivity index (χ1) is 16.1. The molecule has 0 amide bonds. The number of fused-ring (bicyclic) bond motifs is 1. The van der Waals surface area contributed by atoms with Crippen molar-refractivity contribution in [3.8, 4) is 22.9 Å². The molecule has 5 rings (SSSR count). The van der Waals surface area contributed by atoms with Gasteiger partial charge in [-0.05, 0) is 44.0 Å². The van der Waals surface area contributed by atoms with Gasteiger partial charge in [-0.15, -0.1) is 0 Å². The van der Waals surface area contributed by atoms with Gasteiger partial charge in [0.1, 0.15) is 23.9 Å². The molecule has 0 bridgehead atoms. The Bertz CT molecular complexity index is 1290. The van der Waals surface area contributed by atoms with Gasteiger partial charge in [0.2, 0.25) is 0 Å². The second kappa shape index (κ2) is 8.56. The average Bonchev–Trinajstić information content (AvgIpc) is 3.21.